The van der Waals surface area contributed by atoms with Crippen LogP contribution in [0.25, 0.3) is 6.08 Å². The predicted molar refractivity (Wildman–Crippen MR) is 101 cm³/mol. The van der Waals surface area contributed by atoms with Crippen LogP contribution in [0.15, 0.2) is 54.1 Å². The van der Waals surface area contributed by atoms with Crippen LogP contribution >= 0.6 is 12.2 Å². The van der Waals surface area contributed by atoms with E-state index in [4.69, 9.17) is 17.0 Å². The van der Waals surface area contributed by atoms with Gasteiger partial charge in [0.25, 0.3) is 17.5 Å². The summed E-state index contributed by atoms with van der Waals surface area (Å²) in [7, 11) is 0. The fraction of sp³-hybridized carbons (Fsp3) is 0.0556. The molecule has 2 aromatic rings. The largest absolute Gasteiger partial charge is 0.488 e. The molecule has 1 aliphatic heterocycles. The van der Waals surface area contributed by atoms with Crippen molar-refractivity contribution in [3.63, 3.8) is 0 Å². The number of nitrogens with one attached hydrogen (secondary N) is 2. The Hall–Kier alpha value is -3.59. The molecule has 0 aromatic heterocycles. The lowest BCUT2D eigenvalue weighted by Gasteiger charge is -2.17. The highest BCUT2D eigenvalue weighted by molar-refractivity contribution is 7.80. The molecule has 0 aliphatic carbocycles. The third-order valence-electron chi connectivity index (χ3n) is 3.68. The van der Waals surface area contributed by atoms with Gasteiger partial charge in [-0.1, -0.05) is 30.3 Å². The van der Waals surface area contributed by atoms with Gasteiger partial charge in [0, 0.05) is 17.7 Å². The molecule has 1 fully saturated rings. The van der Waals surface area contributed by atoms with E-state index in [0.29, 0.717) is 16.9 Å². The summed E-state index contributed by atoms with van der Waals surface area (Å²) in [4.78, 5) is 34.3. The van der Waals surface area contributed by atoms with Crippen molar-refractivity contribution in [1.29, 1.82) is 0 Å². The summed E-state index contributed by atoms with van der Waals surface area (Å²) >= 11 is 4.76. The predicted octanol–water partition coefficient (Wildman–Crippen LogP) is 2.09. The minimum atomic E-state index is -0.600. The fourth-order valence-electron chi connectivity index (χ4n) is 2.41. The number of carbonyl (C=O) groups excluding carboxylic acids is 2. The molecule has 9 heteroatoms. The van der Waals surface area contributed by atoms with Gasteiger partial charge in [-0.3, -0.25) is 30.3 Å². The van der Waals surface area contributed by atoms with Gasteiger partial charge in [0.2, 0.25) is 0 Å². The summed E-state index contributed by atoms with van der Waals surface area (Å²) in [5.41, 5.74) is 0.995. The number of nitro groups is 1. The summed E-state index contributed by atoms with van der Waals surface area (Å²) in [5.74, 6) is -0.778. The number of non-ortho nitro benzene ring substituents is 1. The van der Waals surface area contributed by atoms with Crippen molar-refractivity contribution in [1.82, 2.24) is 10.6 Å². The standard InChI is InChI=1S/C18H13N3O5S/c22-16-14(17(23)20-18(27)19-16)9-12-5-1-2-7-15(12)26-10-11-4-3-6-13(8-11)21(24)25/h1-9H,10H2,(H2,19,20,22,23,27). The zero-order chi connectivity index (χ0) is 19.4. The number of nitrogens with zero attached hydrogens (tertiary/aromatic N) is 1. The second-order valence-electron chi connectivity index (χ2n) is 5.55. The van der Waals surface area contributed by atoms with E-state index in [1.165, 1.54) is 18.2 Å². The second-order valence-corrected chi connectivity index (χ2v) is 5.96. The normalized spacial score (nSPS) is 13.6. The van der Waals surface area contributed by atoms with E-state index in [1.54, 1.807) is 36.4 Å². The van der Waals surface area contributed by atoms with Crippen molar-refractivity contribution in [3.8, 4) is 5.75 Å². The van der Waals surface area contributed by atoms with E-state index in [2.05, 4.69) is 10.6 Å². The van der Waals surface area contributed by atoms with Gasteiger partial charge in [0.1, 0.15) is 17.9 Å². The van der Waals surface area contributed by atoms with Crippen LogP contribution in [0.3, 0.4) is 0 Å². The molecule has 0 spiro atoms. The highest BCUT2D eigenvalue weighted by atomic mass is 32.1. The number of amides is 2. The van der Waals surface area contributed by atoms with Gasteiger partial charge in [-0.25, -0.2) is 0 Å². The first-order valence-electron chi connectivity index (χ1n) is 7.77. The molecule has 2 N–H and O–H groups in total. The number of thiocarbonyl (C=S) groups is 1. The van der Waals surface area contributed by atoms with Crippen molar-refractivity contribution in [2.24, 2.45) is 0 Å². The number of nitro benzene ring substituents is 1. The third kappa shape index (κ3) is 4.33. The van der Waals surface area contributed by atoms with E-state index in [9.17, 15) is 19.7 Å². The molecule has 27 heavy (non-hydrogen) atoms. The average molecular weight is 383 g/mol. The molecular weight excluding hydrogens is 370 g/mol. The van der Waals surface area contributed by atoms with Crippen LogP contribution in [0, 0.1) is 10.1 Å². The van der Waals surface area contributed by atoms with Crippen molar-refractivity contribution in [2.45, 2.75) is 6.61 Å². The second kappa shape index (κ2) is 7.75. The van der Waals surface area contributed by atoms with Gasteiger partial charge in [-0.15, -0.1) is 0 Å². The molecular formula is C18H13N3O5S. The first-order chi connectivity index (χ1) is 12.9. The molecule has 8 nitrogen and oxygen atoms in total. The zero-order valence-electron chi connectivity index (χ0n) is 13.8. The van der Waals surface area contributed by atoms with Gasteiger partial charge in [0.05, 0.1) is 4.92 Å². The van der Waals surface area contributed by atoms with Gasteiger partial charge in [-0.2, -0.15) is 0 Å². The summed E-state index contributed by atoms with van der Waals surface area (Å²) in [6.45, 7) is 0.0876. The molecule has 3 rings (SSSR count). The van der Waals surface area contributed by atoms with Crippen molar-refractivity contribution in [2.75, 3.05) is 0 Å². The molecule has 0 radical (unpaired) electrons. The number of hydrogen-bond acceptors (Lipinski definition) is 6. The number of benzene rings is 2. The highest BCUT2D eigenvalue weighted by Gasteiger charge is 2.26. The number of ether oxygens (including phenoxy) is 1. The van der Waals surface area contributed by atoms with Gasteiger partial charge < -0.3 is 4.74 Å². The van der Waals surface area contributed by atoms with E-state index in [-0.39, 0.29) is 23.0 Å². The molecule has 1 aliphatic rings. The highest BCUT2D eigenvalue weighted by Crippen LogP contribution is 2.23. The number of hydrogen-bond donors (Lipinski definition) is 2. The molecule has 0 atom stereocenters. The van der Waals surface area contributed by atoms with Crippen molar-refractivity contribution < 1.29 is 19.2 Å². The van der Waals surface area contributed by atoms with Crippen LogP contribution in [0.4, 0.5) is 5.69 Å². The zero-order valence-corrected chi connectivity index (χ0v) is 14.6. The van der Waals surface area contributed by atoms with Crippen LogP contribution in [0.2, 0.25) is 0 Å². The monoisotopic (exact) mass is 383 g/mol. The van der Waals surface area contributed by atoms with E-state index < -0.39 is 16.7 Å². The maximum atomic E-state index is 12.0. The lowest BCUT2D eigenvalue weighted by Crippen LogP contribution is -2.51. The summed E-state index contributed by atoms with van der Waals surface area (Å²) in [6.07, 6.45) is 1.40. The topological polar surface area (TPSA) is 111 Å². The molecule has 0 unspecified atom stereocenters. The Bertz CT molecular complexity index is 964. The number of para-hydroxylation sites is 1. The fourth-order valence-corrected chi connectivity index (χ4v) is 2.60. The Morgan fingerprint density at radius 2 is 1.78 bits per heavy atom. The van der Waals surface area contributed by atoms with Crippen molar-refractivity contribution in [3.05, 3.63) is 75.3 Å². The molecule has 0 saturated carbocycles. The van der Waals surface area contributed by atoms with Crippen molar-refractivity contribution >= 4 is 40.9 Å². The van der Waals surface area contributed by atoms with Crippen LogP contribution in [0.1, 0.15) is 11.1 Å². The van der Waals surface area contributed by atoms with Gasteiger partial charge in [0.15, 0.2) is 5.11 Å². The first kappa shape index (κ1) is 18.2. The Kier molecular flexibility index (Phi) is 5.23. The van der Waals surface area contributed by atoms with E-state index in [0.717, 1.165) is 0 Å². The molecule has 136 valence electrons. The Morgan fingerprint density at radius 3 is 2.48 bits per heavy atom. The number of rotatable bonds is 5. The smallest absolute Gasteiger partial charge is 0.269 e. The summed E-state index contributed by atoms with van der Waals surface area (Å²) < 4.78 is 5.73. The quantitative estimate of drug-likeness (QED) is 0.269. The molecule has 1 heterocycles. The van der Waals surface area contributed by atoms with Gasteiger partial charge in [-0.05, 0) is 29.9 Å². The third-order valence-corrected chi connectivity index (χ3v) is 3.88. The lowest BCUT2D eigenvalue weighted by atomic mass is 10.1. The molecule has 1 saturated heterocycles. The minimum absolute atomic E-state index is 0.0296. The van der Waals surface area contributed by atoms with Crippen LogP contribution in [0.5, 0.6) is 5.75 Å². The molecule has 2 amide bonds. The maximum Gasteiger partial charge on any atom is 0.269 e. The summed E-state index contributed by atoms with van der Waals surface area (Å²) in [5, 5.41) is 15.5. The Morgan fingerprint density at radius 1 is 1.07 bits per heavy atom. The SMILES string of the molecule is O=C1NC(=S)NC(=O)C1=Cc1ccccc1OCc1cccc([N+](=O)[O-])c1. The lowest BCUT2D eigenvalue weighted by molar-refractivity contribution is -0.384. The first-order valence-corrected chi connectivity index (χ1v) is 8.18. The van der Waals surface area contributed by atoms with E-state index >= 15 is 0 Å². The average Bonchev–Trinajstić information content (AvgIpc) is 2.64. The molecule has 0 bridgehead atoms. The Balaban J connectivity index is 1.82. The van der Waals surface area contributed by atoms with Crippen LogP contribution < -0.4 is 15.4 Å². The summed E-state index contributed by atoms with van der Waals surface area (Å²) in [6, 6.07) is 12.9. The minimum Gasteiger partial charge on any atom is -0.488 e. The number of carbonyl (C=O) groups is 2. The molecule has 2 aromatic carbocycles. The van der Waals surface area contributed by atoms with Crippen LogP contribution in [-0.2, 0) is 16.2 Å². The van der Waals surface area contributed by atoms with E-state index in [1.807, 2.05) is 0 Å². The Labute approximate surface area is 159 Å². The maximum absolute atomic E-state index is 12.0. The van der Waals surface area contributed by atoms with Crippen LogP contribution in [-0.4, -0.2) is 21.9 Å². The van der Waals surface area contributed by atoms with Gasteiger partial charge >= 0.3 is 0 Å².